The molecule has 1 aromatic rings. The molecule has 0 heterocycles. The minimum absolute atomic E-state index is 0.0475. The minimum Gasteiger partial charge on any atom is -0.497 e. The summed E-state index contributed by atoms with van der Waals surface area (Å²) >= 11 is 0. The SMILES string of the molecule is COc1cccc(C(N)CN(C)C(C)C2CC2)c1. The largest absolute Gasteiger partial charge is 0.497 e. The zero-order valence-electron chi connectivity index (χ0n) is 11.6. The number of benzene rings is 1. The second kappa shape index (κ2) is 5.72. The van der Waals surface area contributed by atoms with E-state index in [2.05, 4.69) is 24.9 Å². The van der Waals surface area contributed by atoms with Crippen molar-refractivity contribution in [2.24, 2.45) is 11.7 Å². The molecule has 3 heteroatoms. The Hall–Kier alpha value is -1.06. The lowest BCUT2D eigenvalue weighted by molar-refractivity contribution is 0.221. The Balaban J connectivity index is 1.95. The van der Waals surface area contributed by atoms with E-state index in [9.17, 15) is 0 Å². The summed E-state index contributed by atoms with van der Waals surface area (Å²) in [6, 6.07) is 8.74. The number of methoxy groups -OCH3 is 1. The van der Waals surface area contributed by atoms with Crippen LogP contribution in [0.1, 0.15) is 31.4 Å². The first-order valence-electron chi connectivity index (χ1n) is 6.71. The van der Waals surface area contributed by atoms with Gasteiger partial charge in [0.1, 0.15) is 5.75 Å². The number of hydrogen-bond donors (Lipinski definition) is 1. The highest BCUT2D eigenvalue weighted by atomic mass is 16.5. The van der Waals surface area contributed by atoms with E-state index in [0.717, 1.165) is 23.8 Å². The number of nitrogens with zero attached hydrogens (tertiary/aromatic N) is 1. The lowest BCUT2D eigenvalue weighted by Crippen LogP contribution is -2.36. The van der Waals surface area contributed by atoms with Crippen molar-refractivity contribution in [2.45, 2.75) is 31.8 Å². The molecule has 0 bridgehead atoms. The maximum atomic E-state index is 6.28. The van der Waals surface area contributed by atoms with E-state index >= 15 is 0 Å². The van der Waals surface area contributed by atoms with E-state index < -0.39 is 0 Å². The van der Waals surface area contributed by atoms with Crippen molar-refractivity contribution in [1.29, 1.82) is 0 Å². The molecule has 18 heavy (non-hydrogen) atoms. The third-order valence-electron chi connectivity index (χ3n) is 4.01. The molecule has 2 atom stereocenters. The van der Waals surface area contributed by atoms with Gasteiger partial charge in [-0.2, -0.15) is 0 Å². The summed E-state index contributed by atoms with van der Waals surface area (Å²) in [5, 5.41) is 0. The van der Waals surface area contributed by atoms with Gasteiger partial charge < -0.3 is 15.4 Å². The fraction of sp³-hybridized carbons (Fsp3) is 0.600. The second-order valence-electron chi connectivity index (χ2n) is 5.40. The van der Waals surface area contributed by atoms with Crippen molar-refractivity contribution in [2.75, 3.05) is 20.7 Å². The second-order valence-corrected chi connectivity index (χ2v) is 5.40. The summed E-state index contributed by atoms with van der Waals surface area (Å²) in [5.74, 6) is 1.76. The molecule has 0 radical (unpaired) electrons. The van der Waals surface area contributed by atoms with E-state index in [4.69, 9.17) is 10.5 Å². The summed E-state index contributed by atoms with van der Waals surface area (Å²) in [4.78, 5) is 2.38. The number of hydrogen-bond acceptors (Lipinski definition) is 3. The van der Waals surface area contributed by atoms with Gasteiger partial charge in [-0.05, 0) is 50.4 Å². The maximum Gasteiger partial charge on any atom is 0.119 e. The van der Waals surface area contributed by atoms with Crippen LogP contribution in [0.25, 0.3) is 0 Å². The molecule has 0 saturated heterocycles. The van der Waals surface area contributed by atoms with Gasteiger partial charge in [0.05, 0.1) is 7.11 Å². The molecule has 0 amide bonds. The molecule has 1 saturated carbocycles. The first-order valence-corrected chi connectivity index (χ1v) is 6.71. The molecule has 0 aromatic heterocycles. The third-order valence-corrected chi connectivity index (χ3v) is 4.01. The number of likely N-dealkylation sites (N-methyl/N-ethyl adjacent to an activating group) is 1. The van der Waals surface area contributed by atoms with E-state index in [1.807, 2.05) is 18.2 Å². The predicted octanol–water partition coefficient (Wildman–Crippen LogP) is 2.43. The molecule has 100 valence electrons. The highest BCUT2D eigenvalue weighted by Gasteiger charge is 2.30. The predicted molar refractivity (Wildman–Crippen MR) is 74.7 cm³/mol. The first-order chi connectivity index (χ1) is 8.61. The van der Waals surface area contributed by atoms with Crippen LogP contribution in [0.4, 0.5) is 0 Å². The maximum absolute atomic E-state index is 6.28. The van der Waals surface area contributed by atoms with Crippen molar-refractivity contribution < 1.29 is 4.74 Å². The Kier molecular flexibility index (Phi) is 4.25. The topological polar surface area (TPSA) is 38.5 Å². The molecule has 0 spiro atoms. The zero-order chi connectivity index (χ0) is 13.1. The van der Waals surface area contributed by atoms with Crippen LogP contribution in [0.3, 0.4) is 0 Å². The van der Waals surface area contributed by atoms with Crippen LogP contribution in [-0.4, -0.2) is 31.6 Å². The van der Waals surface area contributed by atoms with Gasteiger partial charge in [0.15, 0.2) is 0 Å². The van der Waals surface area contributed by atoms with E-state index in [0.29, 0.717) is 6.04 Å². The van der Waals surface area contributed by atoms with Crippen LogP contribution in [0.15, 0.2) is 24.3 Å². The zero-order valence-corrected chi connectivity index (χ0v) is 11.6. The van der Waals surface area contributed by atoms with Gasteiger partial charge >= 0.3 is 0 Å². The van der Waals surface area contributed by atoms with E-state index in [1.165, 1.54) is 12.8 Å². The fourth-order valence-corrected chi connectivity index (χ4v) is 2.39. The summed E-state index contributed by atoms with van der Waals surface area (Å²) in [6.07, 6.45) is 2.75. The van der Waals surface area contributed by atoms with Crippen LogP contribution < -0.4 is 10.5 Å². The Bertz CT molecular complexity index is 390. The van der Waals surface area contributed by atoms with Gasteiger partial charge in [0.2, 0.25) is 0 Å². The van der Waals surface area contributed by atoms with E-state index in [1.54, 1.807) is 7.11 Å². The molecule has 2 rings (SSSR count). The van der Waals surface area contributed by atoms with Crippen LogP contribution in [-0.2, 0) is 0 Å². The smallest absolute Gasteiger partial charge is 0.119 e. The monoisotopic (exact) mass is 248 g/mol. The molecule has 1 aliphatic carbocycles. The average Bonchev–Trinajstić information content (AvgIpc) is 3.22. The van der Waals surface area contributed by atoms with Crippen LogP contribution in [0.2, 0.25) is 0 Å². The standard InChI is InChI=1S/C15H24N2O/c1-11(12-7-8-12)17(2)10-15(16)13-5-4-6-14(9-13)18-3/h4-6,9,11-12,15H,7-8,10,16H2,1-3H3. The van der Waals surface area contributed by atoms with Crippen LogP contribution >= 0.6 is 0 Å². The number of rotatable bonds is 6. The Morgan fingerprint density at radius 1 is 1.44 bits per heavy atom. The Labute approximate surface area is 110 Å². The summed E-state index contributed by atoms with van der Waals surface area (Å²) < 4.78 is 5.24. The van der Waals surface area contributed by atoms with E-state index in [-0.39, 0.29) is 6.04 Å². The molecule has 1 fully saturated rings. The Morgan fingerprint density at radius 2 is 2.17 bits per heavy atom. The summed E-state index contributed by atoms with van der Waals surface area (Å²) in [6.45, 7) is 3.20. The van der Waals surface area contributed by atoms with Gasteiger partial charge in [-0.1, -0.05) is 12.1 Å². The highest BCUT2D eigenvalue weighted by Crippen LogP contribution is 2.35. The summed E-state index contributed by atoms with van der Waals surface area (Å²) in [5.41, 5.74) is 7.42. The van der Waals surface area contributed by atoms with Crippen LogP contribution in [0, 0.1) is 5.92 Å². The molecular weight excluding hydrogens is 224 g/mol. The molecule has 2 unspecified atom stereocenters. The van der Waals surface area contributed by atoms with Gasteiger partial charge in [-0.15, -0.1) is 0 Å². The molecular formula is C15H24N2O. The van der Waals surface area contributed by atoms with Crippen molar-refractivity contribution in [3.63, 3.8) is 0 Å². The minimum atomic E-state index is 0.0475. The van der Waals surface area contributed by atoms with Gasteiger partial charge in [0.25, 0.3) is 0 Å². The fourth-order valence-electron chi connectivity index (χ4n) is 2.39. The number of nitrogens with two attached hydrogens (primary N) is 1. The molecule has 1 aliphatic rings. The lowest BCUT2D eigenvalue weighted by Gasteiger charge is -2.27. The molecule has 3 nitrogen and oxygen atoms in total. The summed E-state index contributed by atoms with van der Waals surface area (Å²) in [7, 11) is 3.86. The van der Waals surface area contributed by atoms with Crippen molar-refractivity contribution in [3.05, 3.63) is 29.8 Å². The first kappa shape index (κ1) is 13.4. The third kappa shape index (κ3) is 3.24. The quantitative estimate of drug-likeness (QED) is 0.840. The molecule has 1 aromatic carbocycles. The number of ether oxygens (including phenoxy) is 1. The van der Waals surface area contributed by atoms with Gasteiger partial charge in [-0.3, -0.25) is 0 Å². The highest BCUT2D eigenvalue weighted by molar-refractivity contribution is 5.30. The molecule has 2 N–H and O–H groups in total. The molecule has 0 aliphatic heterocycles. The normalized spacial score (nSPS) is 18.7. The van der Waals surface area contributed by atoms with Crippen molar-refractivity contribution >= 4 is 0 Å². The Morgan fingerprint density at radius 3 is 2.78 bits per heavy atom. The van der Waals surface area contributed by atoms with Crippen molar-refractivity contribution in [1.82, 2.24) is 4.90 Å². The van der Waals surface area contributed by atoms with Crippen LogP contribution in [0.5, 0.6) is 5.75 Å². The van der Waals surface area contributed by atoms with Gasteiger partial charge in [0, 0.05) is 18.6 Å². The average molecular weight is 248 g/mol. The lowest BCUT2D eigenvalue weighted by atomic mass is 10.1. The van der Waals surface area contributed by atoms with Gasteiger partial charge in [-0.25, -0.2) is 0 Å². The van der Waals surface area contributed by atoms with Crippen molar-refractivity contribution in [3.8, 4) is 5.75 Å².